The molecule has 0 aromatic rings. The maximum atomic E-state index is 10.3. The zero-order valence-electron chi connectivity index (χ0n) is 16.7. The molecule has 0 aromatic heterocycles. The van der Waals surface area contributed by atoms with Crippen molar-refractivity contribution in [2.24, 2.45) is 0 Å². The second-order valence-electron chi connectivity index (χ2n) is 6.44. The van der Waals surface area contributed by atoms with Gasteiger partial charge in [0.2, 0.25) is 0 Å². The Balaban J connectivity index is 0. The van der Waals surface area contributed by atoms with Gasteiger partial charge in [-0.1, -0.05) is 70.4 Å². The van der Waals surface area contributed by atoms with E-state index in [0.717, 1.165) is 12.8 Å². The Labute approximate surface area is 155 Å². The number of hydrogen-bond donors (Lipinski definition) is 2. The van der Waals surface area contributed by atoms with E-state index in [1.165, 1.54) is 70.6 Å². The van der Waals surface area contributed by atoms with E-state index in [1.54, 1.807) is 7.11 Å². The van der Waals surface area contributed by atoms with Crippen LogP contribution in [0.15, 0.2) is 12.2 Å². The predicted octanol–water partition coefficient (Wildman–Crippen LogP) is 5.73. The number of allylic oxidation sites excluding steroid dienone is 2. The highest BCUT2D eigenvalue weighted by Gasteiger charge is 1.95. The number of aliphatic hydroxyl groups is 1. The number of rotatable bonds is 17. The predicted molar refractivity (Wildman–Crippen MR) is 106 cm³/mol. The van der Waals surface area contributed by atoms with Gasteiger partial charge in [-0.2, -0.15) is 0 Å². The number of methoxy groups -OCH3 is 1. The maximum Gasteiger partial charge on any atom is 0.303 e. The molecule has 0 spiro atoms. The first kappa shape index (κ1) is 26.4. The molecule has 150 valence electrons. The van der Waals surface area contributed by atoms with Crippen molar-refractivity contribution < 1.29 is 19.7 Å². The Morgan fingerprint density at radius 2 is 1.32 bits per heavy atom. The second kappa shape index (κ2) is 25.4. The van der Waals surface area contributed by atoms with Crippen LogP contribution in [-0.4, -0.2) is 36.5 Å². The molecule has 0 rings (SSSR count). The molecular weight excluding hydrogens is 316 g/mol. The summed E-state index contributed by atoms with van der Waals surface area (Å²) in [5.41, 5.74) is 0. The summed E-state index contributed by atoms with van der Waals surface area (Å²) >= 11 is 0. The molecule has 0 heterocycles. The van der Waals surface area contributed by atoms with E-state index in [0.29, 0.717) is 13.0 Å². The van der Waals surface area contributed by atoms with Gasteiger partial charge in [0.15, 0.2) is 0 Å². The van der Waals surface area contributed by atoms with Crippen LogP contribution < -0.4 is 0 Å². The second-order valence-corrected chi connectivity index (χ2v) is 6.44. The number of carboxylic acids is 1. The van der Waals surface area contributed by atoms with E-state index in [2.05, 4.69) is 23.8 Å². The summed E-state index contributed by atoms with van der Waals surface area (Å²) in [6, 6.07) is 0. The average molecular weight is 359 g/mol. The quantitative estimate of drug-likeness (QED) is 0.257. The van der Waals surface area contributed by atoms with Crippen molar-refractivity contribution in [3.63, 3.8) is 0 Å². The van der Waals surface area contributed by atoms with Gasteiger partial charge in [0, 0.05) is 13.5 Å². The average Bonchev–Trinajstić information content (AvgIpc) is 2.59. The highest BCUT2D eigenvalue weighted by Crippen LogP contribution is 2.09. The van der Waals surface area contributed by atoms with Crippen molar-refractivity contribution >= 4 is 5.97 Å². The smallest absolute Gasteiger partial charge is 0.303 e. The number of aliphatic carboxylic acids is 1. The Kier molecular flexibility index (Phi) is 26.8. The van der Waals surface area contributed by atoms with Crippen LogP contribution in [0.3, 0.4) is 0 Å². The number of carboxylic acid groups (broad SMARTS) is 1. The van der Waals surface area contributed by atoms with Crippen LogP contribution in [0.2, 0.25) is 0 Å². The van der Waals surface area contributed by atoms with Gasteiger partial charge >= 0.3 is 5.97 Å². The van der Waals surface area contributed by atoms with Crippen molar-refractivity contribution in [3.05, 3.63) is 12.2 Å². The molecule has 0 saturated heterocycles. The lowest BCUT2D eigenvalue weighted by Crippen LogP contribution is -1.93. The van der Waals surface area contributed by atoms with Crippen LogP contribution in [-0.2, 0) is 9.53 Å². The van der Waals surface area contributed by atoms with Crippen molar-refractivity contribution in [2.75, 3.05) is 20.3 Å². The molecule has 4 nitrogen and oxygen atoms in total. The Hall–Kier alpha value is -0.870. The fourth-order valence-electron chi connectivity index (χ4n) is 2.44. The van der Waals surface area contributed by atoms with Crippen LogP contribution in [0, 0.1) is 0 Å². The topological polar surface area (TPSA) is 66.8 Å². The van der Waals surface area contributed by atoms with Crippen molar-refractivity contribution in [1.29, 1.82) is 0 Å². The van der Waals surface area contributed by atoms with Gasteiger partial charge in [0.1, 0.15) is 0 Å². The van der Waals surface area contributed by atoms with Crippen molar-refractivity contribution in [2.45, 2.75) is 96.8 Å². The minimum absolute atomic E-state index is 0.122. The summed E-state index contributed by atoms with van der Waals surface area (Å²) in [4.78, 5) is 10.3. The van der Waals surface area contributed by atoms with E-state index >= 15 is 0 Å². The van der Waals surface area contributed by atoms with Gasteiger partial charge in [0.05, 0.1) is 13.2 Å². The zero-order chi connectivity index (χ0) is 19.0. The SMILES string of the molecule is CCCCCCCCC=CCCCCCCCC(=O)O.COCCO. The van der Waals surface area contributed by atoms with Crippen LogP contribution in [0.25, 0.3) is 0 Å². The Morgan fingerprint density at radius 3 is 1.72 bits per heavy atom. The number of aliphatic hydroxyl groups excluding tert-OH is 1. The standard InChI is InChI=1S/C18H34O2.C3H8O2/c1-2-3-4-5-6-7-8-9-10-11-12-13-14-15-16-17-18(19)20;1-5-3-2-4/h9-10H,2-8,11-17H2,1H3,(H,19,20);4H,2-3H2,1H3. The number of hydrogen-bond acceptors (Lipinski definition) is 3. The van der Waals surface area contributed by atoms with E-state index < -0.39 is 5.97 Å². The number of carbonyl (C=O) groups is 1. The maximum absolute atomic E-state index is 10.3. The van der Waals surface area contributed by atoms with E-state index in [1.807, 2.05) is 0 Å². The molecule has 4 heteroatoms. The van der Waals surface area contributed by atoms with Gasteiger partial charge in [-0.15, -0.1) is 0 Å². The summed E-state index contributed by atoms with van der Waals surface area (Å²) in [7, 11) is 1.55. The number of unbranched alkanes of at least 4 members (excludes halogenated alkanes) is 11. The molecule has 0 fully saturated rings. The summed E-state index contributed by atoms with van der Waals surface area (Å²) in [6.45, 7) is 2.82. The molecule has 0 radical (unpaired) electrons. The molecule has 0 unspecified atom stereocenters. The largest absolute Gasteiger partial charge is 0.481 e. The first-order valence-corrected chi connectivity index (χ1v) is 10.2. The molecule has 25 heavy (non-hydrogen) atoms. The van der Waals surface area contributed by atoms with E-state index in [-0.39, 0.29) is 6.61 Å². The van der Waals surface area contributed by atoms with Crippen molar-refractivity contribution in [1.82, 2.24) is 0 Å². The molecule has 0 aliphatic carbocycles. The van der Waals surface area contributed by atoms with Crippen LogP contribution in [0.4, 0.5) is 0 Å². The third kappa shape index (κ3) is 31.4. The summed E-state index contributed by atoms with van der Waals surface area (Å²) in [5.74, 6) is -0.664. The fourth-order valence-corrected chi connectivity index (χ4v) is 2.44. The highest BCUT2D eigenvalue weighted by molar-refractivity contribution is 5.66. The first-order valence-electron chi connectivity index (χ1n) is 10.2. The fraction of sp³-hybridized carbons (Fsp3) is 0.857. The van der Waals surface area contributed by atoms with Gasteiger partial charge in [-0.3, -0.25) is 4.79 Å². The summed E-state index contributed by atoms with van der Waals surface area (Å²) in [5, 5.41) is 16.4. The molecule has 0 saturated carbocycles. The molecule has 0 amide bonds. The Bertz CT molecular complexity index is 275. The third-order valence-corrected chi connectivity index (χ3v) is 3.95. The lowest BCUT2D eigenvalue weighted by Gasteiger charge is -1.99. The molecular formula is C21H42O4. The molecule has 2 N–H and O–H groups in total. The monoisotopic (exact) mass is 358 g/mol. The van der Waals surface area contributed by atoms with Crippen molar-refractivity contribution in [3.8, 4) is 0 Å². The van der Waals surface area contributed by atoms with Crippen LogP contribution in [0.5, 0.6) is 0 Å². The minimum Gasteiger partial charge on any atom is -0.481 e. The van der Waals surface area contributed by atoms with Gasteiger partial charge in [-0.25, -0.2) is 0 Å². The van der Waals surface area contributed by atoms with Crippen LogP contribution in [0.1, 0.15) is 96.8 Å². The van der Waals surface area contributed by atoms with Gasteiger partial charge < -0.3 is 14.9 Å². The van der Waals surface area contributed by atoms with Gasteiger partial charge in [-0.05, 0) is 32.1 Å². The molecule has 0 aromatic carbocycles. The lowest BCUT2D eigenvalue weighted by atomic mass is 10.1. The first-order chi connectivity index (χ1) is 12.2. The third-order valence-electron chi connectivity index (χ3n) is 3.95. The molecule has 0 aliphatic heterocycles. The van der Waals surface area contributed by atoms with Gasteiger partial charge in [0.25, 0.3) is 0 Å². The van der Waals surface area contributed by atoms with E-state index in [9.17, 15) is 4.79 Å². The highest BCUT2D eigenvalue weighted by atomic mass is 16.5. The normalized spacial score (nSPS) is 10.7. The van der Waals surface area contributed by atoms with Crippen LogP contribution >= 0.6 is 0 Å². The lowest BCUT2D eigenvalue weighted by molar-refractivity contribution is -0.137. The molecule has 0 aliphatic rings. The minimum atomic E-state index is -0.664. The summed E-state index contributed by atoms with van der Waals surface area (Å²) in [6.07, 6.45) is 21.2. The molecule has 0 atom stereocenters. The zero-order valence-corrected chi connectivity index (χ0v) is 16.7. The Morgan fingerprint density at radius 1 is 0.840 bits per heavy atom. The van der Waals surface area contributed by atoms with E-state index in [4.69, 9.17) is 10.2 Å². The summed E-state index contributed by atoms with van der Waals surface area (Å²) < 4.78 is 4.44. The number of ether oxygens (including phenoxy) is 1. The molecule has 0 bridgehead atoms.